The molecular formula is C12H20N4O3. The minimum atomic E-state index is -0.454. The highest BCUT2D eigenvalue weighted by atomic mass is 16.5. The van der Waals surface area contributed by atoms with Crippen molar-refractivity contribution in [3.8, 4) is 0 Å². The van der Waals surface area contributed by atoms with E-state index >= 15 is 0 Å². The van der Waals surface area contributed by atoms with E-state index in [1.165, 1.54) is 11.9 Å². The first kappa shape index (κ1) is 15.1. The molecule has 1 amide bonds. The lowest BCUT2D eigenvalue weighted by atomic mass is 9.96. The summed E-state index contributed by atoms with van der Waals surface area (Å²) in [5, 5.41) is 6.61. The Morgan fingerprint density at radius 1 is 1.37 bits per heavy atom. The molecule has 1 aromatic heterocycles. The highest BCUT2D eigenvalue weighted by Gasteiger charge is 2.24. The number of nitrogens with one attached hydrogen (secondary N) is 1. The van der Waals surface area contributed by atoms with Gasteiger partial charge in [0, 0.05) is 12.5 Å². The van der Waals surface area contributed by atoms with E-state index in [1.54, 1.807) is 6.92 Å². The van der Waals surface area contributed by atoms with Gasteiger partial charge in [-0.2, -0.15) is 0 Å². The lowest BCUT2D eigenvalue weighted by Gasteiger charge is -2.14. The van der Waals surface area contributed by atoms with E-state index in [0.29, 0.717) is 5.82 Å². The summed E-state index contributed by atoms with van der Waals surface area (Å²) >= 11 is 0. The molecule has 0 saturated heterocycles. The molecule has 1 N–H and O–H groups in total. The van der Waals surface area contributed by atoms with Crippen LogP contribution in [-0.4, -0.2) is 52.2 Å². The first-order valence-corrected chi connectivity index (χ1v) is 6.09. The van der Waals surface area contributed by atoms with Gasteiger partial charge in [0.25, 0.3) is 5.91 Å². The maximum atomic E-state index is 12.0. The molecule has 0 atom stereocenters. The van der Waals surface area contributed by atoms with Crippen molar-refractivity contribution >= 4 is 11.9 Å². The summed E-state index contributed by atoms with van der Waals surface area (Å²) in [6.45, 7) is 7.77. The predicted octanol–water partition coefficient (Wildman–Crippen LogP) is 0.737. The zero-order chi connectivity index (χ0) is 14.6. The van der Waals surface area contributed by atoms with Crippen molar-refractivity contribution in [2.75, 3.05) is 20.2 Å². The maximum absolute atomic E-state index is 12.0. The summed E-state index contributed by atoms with van der Waals surface area (Å²) in [5.41, 5.74) is -0.217. The Morgan fingerprint density at radius 3 is 2.47 bits per heavy atom. The van der Waals surface area contributed by atoms with E-state index in [4.69, 9.17) is 4.74 Å². The zero-order valence-electron chi connectivity index (χ0n) is 12.0. The van der Waals surface area contributed by atoms with Crippen molar-refractivity contribution in [3.63, 3.8) is 0 Å². The van der Waals surface area contributed by atoms with Gasteiger partial charge in [0.1, 0.15) is 12.4 Å². The van der Waals surface area contributed by atoms with Gasteiger partial charge in [-0.1, -0.05) is 20.8 Å². The van der Waals surface area contributed by atoms with E-state index < -0.39 is 11.9 Å². The van der Waals surface area contributed by atoms with Crippen LogP contribution < -0.4 is 0 Å². The SMILES string of the molecule is CCOC(=O)CN(C)C(=O)c1n[nH]c(C(C)(C)C)n1. The van der Waals surface area contributed by atoms with Crippen molar-refractivity contribution in [2.45, 2.75) is 33.1 Å². The van der Waals surface area contributed by atoms with Crippen LogP contribution in [0, 0.1) is 0 Å². The van der Waals surface area contributed by atoms with Crippen LogP contribution in [0.5, 0.6) is 0 Å². The molecule has 0 radical (unpaired) electrons. The largest absolute Gasteiger partial charge is 0.465 e. The van der Waals surface area contributed by atoms with Gasteiger partial charge in [0.15, 0.2) is 0 Å². The number of hydrogen-bond acceptors (Lipinski definition) is 5. The van der Waals surface area contributed by atoms with Gasteiger partial charge in [0.2, 0.25) is 5.82 Å². The minimum Gasteiger partial charge on any atom is -0.465 e. The summed E-state index contributed by atoms with van der Waals surface area (Å²) in [6.07, 6.45) is 0. The minimum absolute atomic E-state index is 0.0525. The standard InChI is InChI=1S/C12H20N4O3/c1-6-19-8(17)7-16(5)10(18)9-13-11(15-14-9)12(2,3)4/h6-7H2,1-5H3,(H,13,14,15). The molecule has 106 valence electrons. The molecule has 19 heavy (non-hydrogen) atoms. The highest BCUT2D eigenvalue weighted by molar-refractivity contribution is 5.92. The monoisotopic (exact) mass is 268 g/mol. The molecular weight excluding hydrogens is 248 g/mol. The van der Waals surface area contributed by atoms with E-state index in [1.807, 2.05) is 20.8 Å². The van der Waals surface area contributed by atoms with Gasteiger partial charge in [-0.3, -0.25) is 14.7 Å². The van der Waals surface area contributed by atoms with Crippen molar-refractivity contribution in [3.05, 3.63) is 11.6 Å². The third-order valence-electron chi connectivity index (χ3n) is 2.41. The normalized spacial score (nSPS) is 11.2. The van der Waals surface area contributed by atoms with Gasteiger partial charge in [-0.05, 0) is 6.92 Å². The van der Waals surface area contributed by atoms with Crippen LogP contribution in [0.3, 0.4) is 0 Å². The molecule has 1 rings (SSSR count). The Bertz CT molecular complexity index is 462. The summed E-state index contributed by atoms with van der Waals surface area (Å²) in [7, 11) is 1.51. The number of likely N-dealkylation sites (N-methyl/N-ethyl adjacent to an activating group) is 1. The molecule has 0 spiro atoms. The van der Waals surface area contributed by atoms with E-state index in [2.05, 4.69) is 15.2 Å². The van der Waals surface area contributed by atoms with Crippen LogP contribution in [0.1, 0.15) is 44.1 Å². The number of aromatic amines is 1. The number of rotatable bonds is 4. The molecule has 7 nitrogen and oxygen atoms in total. The molecule has 0 fully saturated rings. The van der Waals surface area contributed by atoms with Crippen LogP contribution in [-0.2, 0) is 14.9 Å². The summed E-state index contributed by atoms with van der Waals surface area (Å²) in [4.78, 5) is 28.7. The van der Waals surface area contributed by atoms with Crippen LogP contribution in [0.4, 0.5) is 0 Å². The van der Waals surface area contributed by atoms with E-state index in [0.717, 1.165) is 0 Å². The molecule has 0 aliphatic carbocycles. The summed E-state index contributed by atoms with van der Waals surface area (Å²) < 4.78 is 4.78. The molecule has 0 unspecified atom stereocenters. The second-order valence-corrected chi connectivity index (χ2v) is 5.22. The van der Waals surface area contributed by atoms with Crippen LogP contribution in [0.15, 0.2) is 0 Å². The molecule has 0 aromatic carbocycles. The lowest BCUT2D eigenvalue weighted by Crippen LogP contribution is -2.33. The topological polar surface area (TPSA) is 88.2 Å². The second kappa shape index (κ2) is 5.81. The number of carbonyl (C=O) groups excluding carboxylic acids is 2. The third-order valence-corrected chi connectivity index (χ3v) is 2.41. The molecule has 7 heteroatoms. The number of carbonyl (C=O) groups is 2. The Morgan fingerprint density at radius 2 is 2.00 bits per heavy atom. The Kier molecular flexibility index (Phi) is 4.63. The van der Waals surface area contributed by atoms with Crippen molar-refractivity contribution in [2.24, 2.45) is 0 Å². The van der Waals surface area contributed by atoms with Crippen molar-refractivity contribution in [1.82, 2.24) is 20.1 Å². The Balaban J connectivity index is 2.72. The maximum Gasteiger partial charge on any atom is 0.325 e. The van der Waals surface area contributed by atoms with Crippen LogP contribution in [0.25, 0.3) is 0 Å². The van der Waals surface area contributed by atoms with Gasteiger partial charge in [-0.25, -0.2) is 4.98 Å². The second-order valence-electron chi connectivity index (χ2n) is 5.22. The smallest absolute Gasteiger partial charge is 0.325 e. The van der Waals surface area contributed by atoms with Crippen molar-refractivity contribution < 1.29 is 14.3 Å². The molecule has 0 bridgehead atoms. The van der Waals surface area contributed by atoms with E-state index in [9.17, 15) is 9.59 Å². The number of H-pyrrole nitrogens is 1. The van der Waals surface area contributed by atoms with Crippen molar-refractivity contribution in [1.29, 1.82) is 0 Å². The summed E-state index contributed by atoms with van der Waals surface area (Å²) in [6, 6.07) is 0. The fraction of sp³-hybridized carbons (Fsp3) is 0.667. The van der Waals surface area contributed by atoms with Gasteiger partial charge >= 0.3 is 5.97 Å². The number of amides is 1. The fourth-order valence-corrected chi connectivity index (χ4v) is 1.34. The molecule has 0 aliphatic rings. The fourth-order valence-electron chi connectivity index (χ4n) is 1.34. The van der Waals surface area contributed by atoms with Crippen LogP contribution in [0.2, 0.25) is 0 Å². The van der Waals surface area contributed by atoms with Gasteiger partial charge in [0.05, 0.1) is 6.61 Å². The molecule has 1 aromatic rings. The summed E-state index contributed by atoms with van der Waals surface area (Å²) in [5.74, 6) is -0.193. The lowest BCUT2D eigenvalue weighted by molar-refractivity contribution is -0.143. The molecule has 1 heterocycles. The zero-order valence-corrected chi connectivity index (χ0v) is 12.0. The third kappa shape index (κ3) is 4.04. The first-order chi connectivity index (χ1) is 8.75. The van der Waals surface area contributed by atoms with Gasteiger partial charge < -0.3 is 9.64 Å². The Hall–Kier alpha value is -1.92. The first-order valence-electron chi connectivity index (χ1n) is 6.09. The molecule has 0 saturated carbocycles. The average molecular weight is 268 g/mol. The Labute approximate surface area is 112 Å². The predicted molar refractivity (Wildman–Crippen MR) is 68.7 cm³/mol. The van der Waals surface area contributed by atoms with E-state index in [-0.39, 0.29) is 24.4 Å². The molecule has 0 aliphatic heterocycles. The number of aromatic nitrogens is 3. The van der Waals surface area contributed by atoms with Gasteiger partial charge in [-0.15, -0.1) is 5.10 Å². The average Bonchev–Trinajstić information content (AvgIpc) is 2.76. The van der Waals surface area contributed by atoms with Crippen LogP contribution >= 0.6 is 0 Å². The quantitative estimate of drug-likeness (QED) is 0.813. The number of hydrogen-bond donors (Lipinski definition) is 1. The number of esters is 1. The number of ether oxygens (including phenoxy) is 1. The number of nitrogens with zero attached hydrogens (tertiary/aromatic N) is 3. The highest BCUT2D eigenvalue weighted by Crippen LogP contribution is 2.17.